The van der Waals surface area contributed by atoms with Crippen molar-refractivity contribution in [1.82, 2.24) is 0 Å². The van der Waals surface area contributed by atoms with Crippen LogP contribution in [0.25, 0.3) is 0 Å². The van der Waals surface area contributed by atoms with Gasteiger partial charge in [0.1, 0.15) is 0 Å². The highest BCUT2D eigenvalue weighted by molar-refractivity contribution is 7.59. The predicted octanol–water partition coefficient (Wildman–Crippen LogP) is 4.02. The van der Waals surface area contributed by atoms with Gasteiger partial charge < -0.3 is 0 Å². The Morgan fingerprint density at radius 2 is 1.30 bits per heavy atom. The van der Waals surface area contributed by atoms with Crippen molar-refractivity contribution in [1.29, 1.82) is 0 Å². The van der Waals surface area contributed by atoms with Crippen LogP contribution in [0.2, 0.25) is 0 Å². The molecule has 144 valence electrons. The number of rotatable bonds is 3. The van der Waals surface area contributed by atoms with E-state index in [0.717, 1.165) is 6.92 Å². The third-order valence-electron chi connectivity index (χ3n) is 0.781. The molecular formula is C8H13F9O5S. The summed E-state index contributed by atoms with van der Waals surface area (Å²) < 4.78 is 120. The van der Waals surface area contributed by atoms with E-state index < -0.39 is 41.9 Å². The monoisotopic (exact) mass is 392 g/mol. The summed E-state index contributed by atoms with van der Waals surface area (Å²) in [6.07, 6.45) is -2.14. The first-order chi connectivity index (χ1) is 10.4. The van der Waals surface area contributed by atoms with Crippen LogP contribution in [0.4, 0.5) is 39.8 Å². The van der Waals surface area contributed by atoms with Gasteiger partial charge in [0.2, 0.25) is 12.7 Å². The molecule has 0 aromatic carbocycles. The van der Waals surface area contributed by atoms with Crippen LogP contribution in [0.15, 0.2) is 11.8 Å². The summed E-state index contributed by atoms with van der Waals surface area (Å²) in [5.41, 5.74) is 0. The van der Waals surface area contributed by atoms with Crippen molar-refractivity contribution >= 4 is 10.6 Å². The molecule has 1 unspecified atom stereocenters. The molecule has 0 aromatic heterocycles. The maximum Gasteiger partial charge on any atom is 0.425 e. The third kappa shape index (κ3) is 63.7. The second-order valence-electron chi connectivity index (χ2n) is 2.51. The van der Waals surface area contributed by atoms with Crippen molar-refractivity contribution in [2.45, 2.75) is 19.7 Å². The molecular weight excluding hydrogens is 379 g/mol. The van der Waals surface area contributed by atoms with E-state index in [1.54, 1.807) is 0 Å². The smallest absolute Gasteiger partial charge is 0.294 e. The van der Waals surface area contributed by atoms with Crippen LogP contribution in [0.5, 0.6) is 0 Å². The minimum absolute atomic E-state index is 0.500. The summed E-state index contributed by atoms with van der Waals surface area (Å²) in [6, 6.07) is 0. The average molecular weight is 392 g/mol. The van der Waals surface area contributed by atoms with Crippen molar-refractivity contribution in [3.63, 3.8) is 0 Å². The molecule has 5 nitrogen and oxygen atoms in total. The Morgan fingerprint density at radius 1 is 1.04 bits per heavy atom. The number of halogens is 9. The first kappa shape index (κ1) is 33.2. The third-order valence-corrected chi connectivity index (χ3v) is 0.781. The predicted molar refractivity (Wildman–Crippen MR) is 58.6 cm³/mol. The lowest BCUT2D eigenvalue weighted by molar-refractivity contribution is -0.289. The molecule has 0 rings (SSSR count). The first-order valence-corrected chi connectivity index (χ1v) is 5.57. The van der Waals surface area contributed by atoms with Crippen molar-refractivity contribution in [2.24, 2.45) is 0 Å². The molecule has 0 fully saturated rings. The summed E-state index contributed by atoms with van der Waals surface area (Å²) in [5.74, 6) is -3.74. The molecule has 0 bridgehead atoms. The fourth-order valence-electron chi connectivity index (χ4n) is 0.0498. The van der Waals surface area contributed by atoms with Gasteiger partial charge in [-0.05, 0) is 4.53 Å². The quantitative estimate of drug-likeness (QED) is 0.536. The number of allylic oxidation sites excluding steroid dienone is 1. The summed E-state index contributed by atoms with van der Waals surface area (Å²) >= 11 is 0. The van der Waals surface area contributed by atoms with Crippen LogP contribution >= 0.6 is 0 Å². The van der Waals surface area contributed by atoms with Crippen LogP contribution in [0.1, 0.15) is 13.8 Å². The van der Waals surface area contributed by atoms with Crippen LogP contribution < -0.4 is 0 Å². The molecule has 0 saturated carbocycles. The van der Waals surface area contributed by atoms with Gasteiger partial charge in [-0.15, -0.1) is 12.6 Å². The normalized spacial score (nSPS) is 10.3. The topological polar surface area (TPSA) is 69.7 Å². The second kappa shape index (κ2) is 25.4. The second-order valence-corrected chi connectivity index (χ2v) is 2.92. The zero-order chi connectivity index (χ0) is 20.1. The van der Waals surface area contributed by atoms with Crippen LogP contribution in [-0.4, -0.2) is 39.3 Å². The van der Waals surface area contributed by atoms with Crippen LogP contribution in [0, 0.1) is 0 Å². The zero-order valence-electron chi connectivity index (χ0n) is 11.8. The molecule has 0 N–H and O–H groups in total. The van der Waals surface area contributed by atoms with Crippen molar-refractivity contribution in [3.8, 4) is 0 Å². The van der Waals surface area contributed by atoms with Crippen LogP contribution in [-0.2, 0) is 20.5 Å². The van der Waals surface area contributed by atoms with Gasteiger partial charge in [0, 0.05) is 18.4 Å². The Labute approximate surface area is 126 Å². The maximum atomic E-state index is 11.6. The van der Waals surface area contributed by atoms with Crippen molar-refractivity contribution < 1.29 is 62.3 Å². The Hall–Kier alpha value is -1.51. The van der Waals surface area contributed by atoms with Crippen molar-refractivity contribution in [2.75, 3.05) is 20.8 Å². The van der Waals surface area contributed by atoms with E-state index in [1.807, 2.05) is 0 Å². The molecule has 0 aliphatic rings. The molecule has 0 amide bonds. The number of hydrogen-bond donors (Lipinski definition) is 0. The van der Waals surface area contributed by atoms with Crippen molar-refractivity contribution in [3.05, 3.63) is 11.8 Å². The molecule has 0 radical (unpaired) electrons. The van der Waals surface area contributed by atoms with Gasteiger partial charge in [0.15, 0.2) is 6.67 Å². The Bertz CT molecular complexity index is 342. The first-order valence-electron chi connectivity index (χ1n) is 4.57. The van der Waals surface area contributed by atoms with Gasteiger partial charge in [-0.1, -0.05) is 0 Å². The van der Waals surface area contributed by atoms with Gasteiger partial charge in [0.25, 0.3) is 5.85 Å². The molecule has 0 heterocycles. The van der Waals surface area contributed by atoms with E-state index in [-0.39, 0.29) is 0 Å². The van der Waals surface area contributed by atoms with E-state index in [0.29, 0.717) is 14.1 Å². The molecule has 1 atom stereocenters. The molecule has 0 saturated heterocycles. The lowest BCUT2D eigenvalue weighted by Gasteiger charge is -2.06. The molecule has 0 aromatic rings. The van der Waals surface area contributed by atoms with Crippen LogP contribution in [0.3, 0.4) is 0 Å². The summed E-state index contributed by atoms with van der Waals surface area (Å²) in [6.45, 7) is -1.73. The Kier molecular flexibility index (Phi) is 36.7. The number of hydrogen-bond acceptors (Lipinski definition) is 5. The van der Waals surface area contributed by atoms with E-state index in [9.17, 15) is 39.8 Å². The molecule has 0 spiro atoms. The summed E-state index contributed by atoms with van der Waals surface area (Å²) in [4.78, 5) is 5.19. The lowest BCUT2D eigenvalue weighted by atomic mass is 10.4. The zero-order valence-corrected chi connectivity index (χ0v) is 12.6. The molecule has 0 aliphatic heterocycles. The maximum absolute atomic E-state index is 11.6. The largest absolute Gasteiger partial charge is 0.425 e. The fourth-order valence-corrected chi connectivity index (χ4v) is 0.0498. The molecule has 23 heavy (non-hydrogen) atoms. The highest BCUT2D eigenvalue weighted by atomic mass is 32.2. The van der Waals surface area contributed by atoms with Gasteiger partial charge in [-0.25, -0.2) is 17.6 Å². The average Bonchev–Trinajstić information content (AvgIpc) is 2.49. The highest BCUT2D eigenvalue weighted by Crippen LogP contribution is 2.11. The van der Waals surface area contributed by atoms with Gasteiger partial charge in [0.05, 0.1) is 7.18 Å². The minimum Gasteiger partial charge on any atom is -0.294 e. The Morgan fingerprint density at radius 3 is 1.30 bits per heavy atom. The van der Waals surface area contributed by atoms with Gasteiger partial charge in [-0.2, -0.15) is 13.7 Å². The SMILES string of the molecule is CC(F)(CF)OF.CC(OF)=C(F)F.CF.FCF.O=S(=O)=O. The lowest BCUT2D eigenvalue weighted by Crippen LogP contribution is -2.20. The molecule has 0 aliphatic carbocycles. The molecule has 15 heteroatoms. The van der Waals surface area contributed by atoms with E-state index in [1.165, 1.54) is 0 Å². The highest BCUT2D eigenvalue weighted by Gasteiger charge is 2.24. The number of alkyl halides is 5. The van der Waals surface area contributed by atoms with E-state index in [2.05, 4.69) is 9.88 Å². The van der Waals surface area contributed by atoms with E-state index >= 15 is 0 Å². The minimum atomic E-state index is -3.11. The fraction of sp³-hybridized carbons (Fsp3) is 0.750. The van der Waals surface area contributed by atoms with E-state index in [4.69, 9.17) is 12.6 Å². The van der Waals surface area contributed by atoms with Gasteiger partial charge in [-0.3, -0.25) is 9.33 Å². The Balaban J connectivity index is -0.0000000633. The summed E-state index contributed by atoms with van der Waals surface area (Å²) in [5, 5.41) is 0. The van der Waals surface area contributed by atoms with Gasteiger partial charge >= 0.3 is 16.7 Å². The summed E-state index contributed by atoms with van der Waals surface area (Å²) in [7, 11) is -2.61. The standard InChI is InChI=1S/C3H5F3O.C3H3F3O.CH2F2.CH3F.O3S/c1-3(5,2-4)7-6;1-2(7-6)3(4)5;2-1-3;1-2;1-4(2)3/h2H2,1H3;1H3;1H2;1H3;.